The highest BCUT2D eigenvalue weighted by atomic mass is 19.4. The van der Waals surface area contributed by atoms with Crippen LogP contribution in [0.2, 0.25) is 0 Å². The van der Waals surface area contributed by atoms with Gasteiger partial charge in [-0.1, -0.05) is 54.6 Å². The third-order valence-corrected chi connectivity index (χ3v) is 6.60. The van der Waals surface area contributed by atoms with E-state index in [9.17, 15) is 13.2 Å². The van der Waals surface area contributed by atoms with Crippen LogP contribution in [0.4, 0.5) is 13.2 Å². The highest BCUT2D eigenvalue weighted by Gasteiger charge is 2.28. The van der Waals surface area contributed by atoms with Crippen LogP contribution in [0.3, 0.4) is 0 Å². The summed E-state index contributed by atoms with van der Waals surface area (Å²) in [7, 11) is 1.62. The van der Waals surface area contributed by atoms with E-state index < -0.39 is 12.7 Å². The first kappa shape index (κ1) is 23.9. The first-order valence-electron chi connectivity index (χ1n) is 11.9. The molecule has 0 saturated heterocycles. The van der Waals surface area contributed by atoms with Crippen LogP contribution < -0.4 is 10.1 Å². The summed E-state index contributed by atoms with van der Waals surface area (Å²) >= 11 is 0. The number of fused-ring (bicyclic) bond motifs is 2. The molecule has 0 amide bonds. The molecule has 1 atom stereocenters. The van der Waals surface area contributed by atoms with Crippen LogP contribution in [0.1, 0.15) is 24.1 Å². The van der Waals surface area contributed by atoms with Crippen molar-refractivity contribution in [2.24, 2.45) is 0 Å². The van der Waals surface area contributed by atoms with Gasteiger partial charge >= 0.3 is 6.18 Å². The van der Waals surface area contributed by atoms with Gasteiger partial charge in [-0.2, -0.15) is 13.2 Å². The number of benzene rings is 4. The Labute approximate surface area is 208 Å². The topological polar surface area (TPSA) is 26.2 Å². The largest absolute Gasteiger partial charge is 0.496 e. The maximum absolute atomic E-state index is 12.9. The average Bonchev–Trinajstić information content (AvgIpc) is 3.27. The molecule has 36 heavy (non-hydrogen) atoms. The molecule has 4 aromatic carbocycles. The molecule has 3 nitrogen and oxygen atoms in total. The van der Waals surface area contributed by atoms with E-state index >= 15 is 0 Å². The van der Waals surface area contributed by atoms with Gasteiger partial charge in [0, 0.05) is 35.2 Å². The van der Waals surface area contributed by atoms with Gasteiger partial charge in [-0.15, -0.1) is 0 Å². The van der Waals surface area contributed by atoms with Crippen molar-refractivity contribution in [1.82, 2.24) is 9.88 Å². The molecule has 0 spiro atoms. The summed E-state index contributed by atoms with van der Waals surface area (Å²) in [6, 6.07) is 28.1. The van der Waals surface area contributed by atoms with E-state index in [1.54, 1.807) is 19.2 Å². The molecule has 0 unspecified atom stereocenters. The van der Waals surface area contributed by atoms with E-state index in [4.69, 9.17) is 4.74 Å². The molecule has 0 radical (unpaired) electrons. The van der Waals surface area contributed by atoms with Gasteiger partial charge in [0.05, 0.1) is 7.11 Å². The molecule has 1 heterocycles. The fourth-order valence-corrected chi connectivity index (χ4v) is 4.80. The average molecular weight is 489 g/mol. The Morgan fingerprint density at radius 2 is 1.69 bits per heavy atom. The van der Waals surface area contributed by atoms with Crippen LogP contribution in [-0.4, -0.2) is 17.9 Å². The summed E-state index contributed by atoms with van der Waals surface area (Å²) in [5.41, 5.74) is 4.69. The lowest BCUT2D eigenvalue weighted by molar-refractivity contribution is -0.139. The number of hydrogen-bond acceptors (Lipinski definition) is 2. The second-order valence-corrected chi connectivity index (χ2v) is 9.04. The maximum atomic E-state index is 12.9. The van der Waals surface area contributed by atoms with Crippen molar-refractivity contribution in [1.29, 1.82) is 0 Å². The lowest BCUT2D eigenvalue weighted by Crippen LogP contribution is -2.18. The second kappa shape index (κ2) is 9.70. The van der Waals surface area contributed by atoms with Gasteiger partial charge in [-0.3, -0.25) is 0 Å². The Morgan fingerprint density at radius 1 is 0.889 bits per heavy atom. The summed E-state index contributed by atoms with van der Waals surface area (Å²) < 4.78 is 45.6. The van der Waals surface area contributed by atoms with Gasteiger partial charge in [0.1, 0.15) is 12.3 Å². The van der Waals surface area contributed by atoms with Gasteiger partial charge < -0.3 is 14.6 Å². The zero-order valence-electron chi connectivity index (χ0n) is 20.1. The molecule has 184 valence electrons. The highest BCUT2D eigenvalue weighted by Crippen LogP contribution is 2.34. The lowest BCUT2D eigenvalue weighted by Gasteiger charge is -2.18. The van der Waals surface area contributed by atoms with Crippen molar-refractivity contribution < 1.29 is 17.9 Å². The zero-order valence-corrected chi connectivity index (χ0v) is 20.1. The van der Waals surface area contributed by atoms with E-state index in [0.29, 0.717) is 12.1 Å². The fourth-order valence-electron chi connectivity index (χ4n) is 4.80. The number of halogens is 3. The summed E-state index contributed by atoms with van der Waals surface area (Å²) in [6.07, 6.45) is -2.79. The van der Waals surface area contributed by atoms with Gasteiger partial charge in [0.25, 0.3) is 0 Å². The third kappa shape index (κ3) is 4.95. The molecule has 0 fully saturated rings. The molecule has 0 aliphatic rings. The van der Waals surface area contributed by atoms with Crippen LogP contribution in [0, 0.1) is 0 Å². The molecule has 1 aromatic heterocycles. The number of nitrogens with one attached hydrogen (secondary N) is 1. The van der Waals surface area contributed by atoms with Gasteiger partial charge in [0.2, 0.25) is 0 Å². The SMILES string of the molecule is COc1ccc(CN[C@H](C)c2cccc3ccccc23)cc1-c1ccc2c(ccn2CC(F)(F)F)c1. The van der Waals surface area contributed by atoms with Crippen LogP contribution in [0.25, 0.3) is 32.8 Å². The normalized spacial score (nSPS) is 12.8. The second-order valence-electron chi connectivity index (χ2n) is 9.04. The first-order valence-corrected chi connectivity index (χ1v) is 11.9. The third-order valence-electron chi connectivity index (χ3n) is 6.60. The van der Waals surface area contributed by atoms with Gasteiger partial charge in [-0.25, -0.2) is 0 Å². The Kier molecular flexibility index (Phi) is 6.46. The van der Waals surface area contributed by atoms with Crippen LogP contribution in [0.5, 0.6) is 5.75 Å². The molecular formula is C30H27F3N2O. The van der Waals surface area contributed by atoms with E-state index in [0.717, 1.165) is 27.8 Å². The number of rotatable bonds is 7. The monoisotopic (exact) mass is 488 g/mol. The highest BCUT2D eigenvalue weighted by molar-refractivity contribution is 5.87. The number of methoxy groups -OCH3 is 1. The smallest absolute Gasteiger partial charge is 0.406 e. The lowest BCUT2D eigenvalue weighted by atomic mass is 9.98. The van der Waals surface area contributed by atoms with E-state index in [-0.39, 0.29) is 6.04 Å². The van der Waals surface area contributed by atoms with Crippen molar-refractivity contribution in [3.8, 4) is 16.9 Å². The molecule has 5 aromatic rings. The minimum atomic E-state index is -4.27. The first-order chi connectivity index (χ1) is 17.3. The summed E-state index contributed by atoms with van der Waals surface area (Å²) in [5, 5.41) is 6.84. The molecule has 0 aliphatic heterocycles. The molecule has 5 rings (SSSR count). The zero-order chi connectivity index (χ0) is 25.3. The quantitative estimate of drug-likeness (QED) is 0.252. The Morgan fingerprint density at radius 3 is 2.50 bits per heavy atom. The van der Waals surface area contributed by atoms with E-state index in [1.807, 2.05) is 30.3 Å². The molecule has 0 saturated carbocycles. The Hall–Kier alpha value is -3.77. The molecule has 0 aliphatic carbocycles. The van der Waals surface area contributed by atoms with Crippen molar-refractivity contribution in [3.63, 3.8) is 0 Å². The summed E-state index contributed by atoms with van der Waals surface area (Å²) in [4.78, 5) is 0. The van der Waals surface area contributed by atoms with Crippen molar-refractivity contribution in [2.75, 3.05) is 7.11 Å². The van der Waals surface area contributed by atoms with Crippen molar-refractivity contribution >= 4 is 21.7 Å². The van der Waals surface area contributed by atoms with Crippen LogP contribution in [0.15, 0.2) is 91.1 Å². The van der Waals surface area contributed by atoms with Gasteiger partial charge in [-0.05, 0) is 64.7 Å². The fraction of sp³-hybridized carbons (Fsp3) is 0.200. The predicted octanol–water partition coefficient (Wildman–Crippen LogP) is 7.88. The molecule has 0 bridgehead atoms. The molecule has 6 heteroatoms. The standard InChI is InChI=1S/C30H27F3N2O/c1-20(25-9-5-7-22-6-3-4-8-26(22)25)34-18-21-10-13-29(36-2)27(16-21)23-11-12-28-24(17-23)14-15-35(28)19-30(31,32)33/h3-17,20,34H,18-19H2,1-2H3/t20-/m1/s1. The minimum Gasteiger partial charge on any atom is -0.496 e. The van der Waals surface area contributed by atoms with Crippen molar-refractivity contribution in [3.05, 3.63) is 102 Å². The Bertz CT molecular complexity index is 1520. The molecular weight excluding hydrogens is 461 g/mol. The number of ether oxygens (including phenoxy) is 1. The van der Waals surface area contributed by atoms with Gasteiger partial charge in [0.15, 0.2) is 0 Å². The van der Waals surface area contributed by atoms with Crippen molar-refractivity contribution in [2.45, 2.75) is 32.2 Å². The van der Waals surface area contributed by atoms with E-state index in [2.05, 4.69) is 54.7 Å². The summed E-state index contributed by atoms with van der Waals surface area (Å²) in [5.74, 6) is 0.718. The predicted molar refractivity (Wildman–Crippen MR) is 139 cm³/mol. The van der Waals surface area contributed by atoms with Crippen LogP contribution >= 0.6 is 0 Å². The maximum Gasteiger partial charge on any atom is 0.406 e. The van der Waals surface area contributed by atoms with Crippen LogP contribution in [-0.2, 0) is 13.1 Å². The number of alkyl halides is 3. The summed E-state index contributed by atoms with van der Waals surface area (Å²) in [6.45, 7) is 1.81. The Balaban J connectivity index is 1.40. The number of nitrogens with zero attached hydrogens (tertiary/aromatic N) is 1. The van der Waals surface area contributed by atoms with E-state index in [1.165, 1.54) is 27.1 Å². The number of hydrogen-bond donors (Lipinski definition) is 1. The molecule has 1 N–H and O–H groups in total. The minimum absolute atomic E-state index is 0.145. The number of aromatic nitrogens is 1.